The van der Waals surface area contributed by atoms with Crippen LogP contribution >= 0.6 is 0 Å². The molecule has 0 aliphatic rings. The lowest BCUT2D eigenvalue weighted by Gasteiger charge is -2.00. The zero-order chi connectivity index (χ0) is 9.10. The van der Waals surface area contributed by atoms with Crippen molar-refractivity contribution in [2.45, 2.75) is 6.54 Å². The highest BCUT2D eigenvalue weighted by Crippen LogP contribution is 1.99. The van der Waals surface area contributed by atoms with Crippen LogP contribution in [0, 0.1) is 0 Å². The highest BCUT2D eigenvalue weighted by atomic mass is 15.3. The van der Waals surface area contributed by atoms with Gasteiger partial charge in [-0.05, 0) is 5.56 Å². The molecule has 0 saturated carbocycles. The molecule has 0 unspecified atom stereocenters. The van der Waals surface area contributed by atoms with Crippen LogP contribution in [0.2, 0.25) is 0 Å². The fraction of sp³-hybridized carbons (Fsp3) is 0.100. The zero-order valence-electron chi connectivity index (χ0n) is 7.22. The van der Waals surface area contributed by atoms with Crippen molar-refractivity contribution in [1.82, 2.24) is 9.78 Å². The smallest absolute Gasteiger partial charge is 0.118 e. The normalized spacial score (nSPS) is 10.2. The Morgan fingerprint density at radius 1 is 1.23 bits per heavy atom. The Morgan fingerprint density at radius 2 is 2.00 bits per heavy atom. The molecule has 0 fully saturated rings. The molecule has 1 aromatic carbocycles. The molecule has 13 heavy (non-hydrogen) atoms. The summed E-state index contributed by atoms with van der Waals surface area (Å²) in [4.78, 5) is 0. The summed E-state index contributed by atoms with van der Waals surface area (Å²) in [6.45, 7) is 0.776. The molecular weight excluding hydrogens is 159 g/mol. The number of hydrogen-bond acceptors (Lipinski definition) is 1. The van der Waals surface area contributed by atoms with Gasteiger partial charge in [-0.25, -0.2) is 0 Å². The Kier molecular flexibility index (Phi) is 2.17. The number of aromatic nitrogens is 2. The third-order valence-electron chi connectivity index (χ3n) is 1.84. The molecule has 1 aromatic heterocycles. The second-order valence-corrected chi connectivity index (χ2v) is 2.96. The van der Waals surface area contributed by atoms with Crippen molar-refractivity contribution in [1.29, 1.82) is 0 Å². The minimum atomic E-state index is 0.705. The summed E-state index contributed by atoms with van der Waals surface area (Å²) < 4.78 is 1.82. The van der Waals surface area contributed by atoms with Gasteiger partial charge in [0.1, 0.15) is 7.85 Å². The summed E-state index contributed by atoms with van der Waals surface area (Å²) >= 11 is 0. The molecule has 2 radical (unpaired) electrons. The van der Waals surface area contributed by atoms with E-state index in [0.717, 1.165) is 6.54 Å². The fourth-order valence-corrected chi connectivity index (χ4v) is 1.24. The second-order valence-electron chi connectivity index (χ2n) is 2.96. The first-order valence-electron chi connectivity index (χ1n) is 4.16. The average molecular weight is 168 g/mol. The summed E-state index contributed by atoms with van der Waals surface area (Å²) in [6.07, 6.45) is 3.48. The van der Waals surface area contributed by atoms with Gasteiger partial charge in [0.05, 0.1) is 6.54 Å². The van der Waals surface area contributed by atoms with E-state index >= 15 is 0 Å². The molecule has 2 rings (SSSR count). The molecule has 2 nitrogen and oxygen atoms in total. The van der Waals surface area contributed by atoms with Gasteiger partial charge in [0, 0.05) is 12.4 Å². The first kappa shape index (κ1) is 8.11. The van der Waals surface area contributed by atoms with Crippen molar-refractivity contribution in [3.63, 3.8) is 0 Å². The van der Waals surface area contributed by atoms with E-state index in [0.29, 0.717) is 5.46 Å². The van der Waals surface area contributed by atoms with Gasteiger partial charge < -0.3 is 0 Å². The van der Waals surface area contributed by atoms with E-state index in [-0.39, 0.29) is 0 Å². The molecule has 1 heterocycles. The second kappa shape index (κ2) is 3.48. The van der Waals surface area contributed by atoms with Crippen LogP contribution in [0.3, 0.4) is 0 Å². The van der Waals surface area contributed by atoms with Crippen molar-refractivity contribution in [2.75, 3.05) is 0 Å². The molecule has 3 heteroatoms. The molecule has 0 spiro atoms. The molecule has 0 amide bonds. The van der Waals surface area contributed by atoms with Crippen molar-refractivity contribution < 1.29 is 0 Å². The predicted octanol–water partition coefficient (Wildman–Crippen LogP) is 0.725. The van der Waals surface area contributed by atoms with Gasteiger partial charge in [-0.15, -0.1) is 0 Å². The topological polar surface area (TPSA) is 17.8 Å². The zero-order valence-corrected chi connectivity index (χ0v) is 7.22. The summed E-state index contributed by atoms with van der Waals surface area (Å²) in [6, 6.07) is 10.2. The number of benzene rings is 1. The Morgan fingerprint density at radius 3 is 2.62 bits per heavy atom. The van der Waals surface area contributed by atoms with Crippen LogP contribution in [0.25, 0.3) is 0 Å². The van der Waals surface area contributed by atoms with E-state index in [4.69, 9.17) is 7.85 Å². The fourth-order valence-electron chi connectivity index (χ4n) is 1.24. The molecule has 0 aliphatic carbocycles. The van der Waals surface area contributed by atoms with Gasteiger partial charge in [0.15, 0.2) is 0 Å². The minimum absolute atomic E-state index is 0.705. The van der Waals surface area contributed by atoms with E-state index in [2.05, 4.69) is 17.2 Å². The summed E-state index contributed by atoms with van der Waals surface area (Å²) in [7, 11) is 5.55. The van der Waals surface area contributed by atoms with Gasteiger partial charge in [-0.1, -0.05) is 35.8 Å². The minimum Gasteiger partial charge on any atom is -0.269 e. The SMILES string of the molecule is [B]c1cnn(Cc2ccccc2)c1. The standard InChI is InChI=1S/C10H9BN2/c11-10-6-12-13(8-10)7-9-4-2-1-3-5-9/h1-6,8H,7H2. The van der Waals surface area contributed by atoms with Crippen molar-refractivity contribution in [2.24, 2.45) is 0 Å². The molecule has 0 N–H and O–H groups in total. The third-order valence-corrected chi connectivity index (χ3v) is 1.84. The molecule has 0 atom stereocenters. The van der Waals surface area contributed by atoms with Crippen LogP contribution in [0.1, 0.15) is 5.56 Å². The maximum Gasteiger partial charge on any atom is 0.118 e. The predicted molar refractivity (Wildman–Crippen MR) is 53.2 cm³/mol. The summed E-state index contributed by atoms with van der Waals surface area (Å²) in [5, 5.41) is 4.10. The average Bonchev–Trinajstić information content (AvgIpc) is 2.53. The maximum absolute atomic E-state index is 5.55. The van der Waals surface area contributed by atoms with Gasteiger partial charge in [0.2, 0.25) is 0 Å². The molecule has 2 aromatic rings. The van der Waals surface area contributed by atoms with Crippen LogP contribution < -0.4 is 5.46 Å². The van der Waals surface area contributed by atoms with Gasteiger partial charge in [-0.2, -0.15) is 5.10 Å². The lowest BCUT2D eigenvalue weighted by molar-refractivity contribution is 0.687. The van der Waals surface area contributed by atoms with E-state index in [1.807, 2.05) is 29.1 Å². The van der Waals surface area contributed by atoms with Crippen molar-refractivity contribution >= 4 is 13.3 Å². The monoisotopic (exact) mass is 168 g/mol. The molecule has 0 saturated heterocycles. The molecule has 62 valence electrons. The lowest BCUT2D eigenvalue weighted by Crippen LogP contribution is -2.01. The maximum atomic E-state index is 5.55. The third kappa shape index (κ3) is 1.99. The first-order valence-corrected chi connectivity index (χ1v) is 4.16. The van der Waals surface area contributed by atoms with E-state index in [1.165, 1.54) is 5.56 Å². The summed E-state index contributed by atoms with van der Waals surface area (Å²) in [5.74, 6) is 0. The molecular formula is C10H9BN2. The number of hydrogen-bond donors (Lipinski definition) is 0. The van der Waals surface area contributed by atoms with Gasteiger partial charge in [-0.3, -0.25) is 4.68 Å². The highest BCUT2D eigenvalue weighted by molar-refractivity contribution is 6.31. The van der Waals surface area contributed by atoms with Crippen LogP contribution in [-0.2, 0) is 6.54 Å². The van der Waals surface area contributed by atoms with Crippen LogP contribution in [0.5, 0.6) is 0 Å². The van der Waals surface area contributed by atoms with Crippen molar-refractivity contribution in [3.8, 4) is 0 Å². The first-order chi connectivity index (χ1) is 6.34. The Balaban J connectivity index is 2.15. The Labute approximate surface area is 78.6 Å². The molecule has 0 aliphatic heterocycles. The number of rotatable bonds is 2. The Hall–Kier alpha value is -1.51. The van der Waals surface area contributed by atoms with E-state index in [9.17, 15) is 0 Å². The summed E-state index contributed by atoms with van der Waals surface area (Å²) in [5.41, 5.74) is 1.93. The van der Waals surface area contributed by atoms with Crippen LogP contribution in [-0.4, -0.2) is 17.6 Å². The Bertz CT molecular complexity index is 381. The van der Waals surface area contributed by atoms with E-state index in [1.54, 1.807) is 6.20 Å². The highest BCUT2D eigenvalue weighted by Gasteiger charge is 1.94. The van der Waals surface area contributed by atoms with Crippen molar-refractivity contribution in [3.05, 3.63) is 48.3 Å². The quantitative estimate of drug-likeness (QED) is 0.604. The van der Waals surface area contributed by atoms with Gasteiger partial charge >= 0.3 is 0 Å². The van der Waals surface area contributed by atoms with Crippen LogP contribution in [0.4, 0.5) is 0 Å². The number of nitrogens with zero attached hydrogens (tertiary/aromatic N) is 2. The lowest BCUT2D eigenvalue weighted by atomic mass is 10.0. The largest absolute Gasteiger partial charge is 0.269 e. The van der Waals surface area contributed by atoms with Gasteiger partial charge in [0.25, 0.3) is 0 Å². The molecule has 0 bridgehead atoms. The van der Waals surface area contributed by atoms with E-state index < -0.39 is 0 Å². The van der Waals surface area contributed by atoms with Crippen LogP contribution in [0.15, 0.2) is 42.7 Å².